The number of rotatable bonds is 6. The van der Waals surface area contributed by atoms with Crippen LogP contribution in [0.25, 0.3) is 0 Å². The largest absolute Gasteiger partial charge is 0.454 e. The number of alkyl halides is 2. The summed E-state index contributed by atoms with van der Waals surface area (Å²) in [7, 11) is 0. The van der Waals surface area contributed by atoms with Crippen molar-refractivity contribution in [3.05, 3.63) is 24.3 Å². The third kappa shape index (κ3) is 5.51. The molecule has 0 spiro atoms. The number of hydrogen-bond donors (Lipinski definition) is 2. The summed E-state index contributed by atoms with van der Waals surface area (Å²) >= 11 is 0.405. The van der Waals surface area contributed by atoms with Crippen LogP contribution in [0.1, 0.15) is 12.8 Å². The van der Waals surface area contributed by atoms with Gasteiger partial charge in [0, 0.05) is 17.0 Å². The molecule has 2 N–H and O–H groups in total. The second-order valence-corrected chi connectivity index (χ2v) is 5.78. The third-order valence-corrected chi connectivity index (χ3v) is 3.71. The Morgan fingerprint density at radius 2 is 2.04 bits per heavy atom. The van der Waals surface area contributed by atoms with Crippen molar-refractivity contribution in [2.24, 2.45) is 0 Å². The Labute approximate surface area is 134 Å². The molecule has 23 heavy (non-hydrogen) atoms. The van der Waals surface area contributed by atoms with Crippen molar-refractivity contribution in [2.75, 3.05) is 11.9 Å². The van der Waals surface area contributed by atoms with E-state index in [1.165, 1.54) is 24.3 Å². The van der Waals surface area contributed by atoms with E-state index in [0.29, 0.717) is 28.8 Å². The Balaban J connectivity index is 1.76. The standard InChI is InChI=1S/C14H14F2N2O4S/c15-14(16)23-9-3-1-8(2-4-9)17-12(20)7-22-13(21)10-5-6-11(19)18-10/h1-4,10,14H,5-7H2,(H,17,20)(H,18,19)/t10-/m1/s1. The van der Waals surface area contributed by atoms with Crippen molar-refractivity contribution in [1.29, 1.82) is 0 Å². The fourth-order valence-corrected chi connectivity index (χ4v) is 2.44. The highest BCUT2D eigenvalue weighted by molar-refractivity contribution is 7.99. The number of carbonyl (C=O) groups is 3. The Morgan fingerprint density at radius 1 is 1.35 bits per heavy atom. The SMILES string of the molecule is O=C(COC(=O)[C@H]1CCC(=O)N1)Nc1ccc(SC(F)F)cc1. The summed E-state index contributed by atoms with van der Waals surface area (Å²) in [4.78, 5) is 34.6. The number of esters is 1. The van der Waals surface area contributed by atoms with E-state index in [1.807, 2.05) is 0 Å². The summed E-state index contributed by atoms with van der Waals surface area (Å²) in [6.07, 6.45) is 0.609. The number of amides is 2. The first kappa shape index (κ1) is 17.2. The quantitative estimate of drug-likeness (QED) is 0.607. The molecule has 0 aliphatic carbocycles. The van der Waals surface area contributed by atoms with Crippen LogP contribution in [0.5, 0.6) is 0 Å². The minimum atomic E-state index is -2.51. The fourth-order valence-electron chi connectivity index (χ4n) is 1.94. The zero-order valence-electron chi connectivity index (χ0n) is 11.9. The van der Waals surface area contributed by atoms with Crippen molar-refractivity contribution < 1.29 is 27.9 Å². The van der Waals surface area contributed by atoms with Crippen LogP contribution in [0, 0.1) is 0 Å². The molecule has 6 nitrogen and oxygen atoms in total. The Kier molecular flexibility index (Phi) is 5.91. The molecule has 1 aromatic rings. The smallest absolute Gasteiger partial charge is 0.329 e. The summed E-state index contributed by atoms with van der Waals surface area (Å²) < 4.78 is 29.2. The Bertz CT molecular complexity index is 595. The number of nitrogens with one attached hydrogen (secondary N) is 2. The van der Waals surface area contributed by atoms with E-state index in [4.69, 9.17) is 4.74 Å². The summed E-state index contributed by atoms with van der Waals surface area (Å²) in [5.41, 5.74) is 0.402. The van der Waals surface area contributed by atoms with E-state index < -0.39 is 30.3 Å². The molecule has 1 atom stereocenters. The number of carbonyl (C=O) groups excluding carboxylic acids is 3. The maximum Gasteiger partial charge on any atom is 0.329 e. The minimum Gasteiger partial charge on any atom is -0.454 e. The molecule has 0 bridgehead atoms. The van der Waals surface area contributed by atoms with Gasteiger partial charge in [0.1, 0.15) is 6.04 Å². The van der Waals surface area contributed by atoms with Gasteiger partial charge in [-0.05, 0) is 30.7 Å². The maximum absolute atomic E-state index is 12.2. The van der Waals surface area contributed by atoms with Gasteiger partial charge in [-0.3, -0.25) is 9.59 Å². The molecule has 1 saturated heterocycles. The van der Waals surface area contributed by atoms with Gasteiger partial charge in [-0.25, -0.2) is 4.79 Å². The lowest BCUT2D eigenvalue weighted by Gasteiger charge is -2.10. The van der Waals surface area contributed by atoms with Crippen molar-refractivity contribution in [3.8, 4) is 0 Å². The highest BCUT2D eigenvalue weighted by atomic mass is 32.2. The average molecular weight is 344 g/mol. The predicted octanol–water partition coefficient (Wildman–Crippen LogP) is 1.76. The normalized spacial score (nSPS) is 17.0. The highest BCUT2D eigenvalue weighted by Gasteiger charge is 2.28. The van der Waals surface area contributed by atoms with Gasteiger partial charge in [0.25, 0.3) is 11.7 Å². The molecule has 0 aromatic heterocycles. The Hall–Kier alpha value is -2.16. The lowest BCUT2D eigenvalue weighted by molar-refractivity contribution is -0.149. The van der Waals surface area contributed by atoms with Crippen LogP contribution in [-0.2, 0) is 19.1 Å². The van der Waals surface area contributed by atoms with Crippen LogP contribution >= 0.6 is 11.8 Å². The lowest BCUT2D eigenvalue weighted by Crippen LogP contribution is -2.36. The molecule has 124 valence electrons. The fraction of sp³-hybridized carbons (Fsp3) is 0.357. The van der Waals surface area contributed by atoms with Crippen molar-refractivity contribution in [2.45, 2.75) is 29.5 Å². The molecule has 0 radical (unpaired) electrons. The Morgan fingerprint density at radius 3 is 2.61 bits per heavy atom. The molecule has 1 aliphatic rings. The van der Waals surface area contributed by atoms with E-state index in [9.17, 15) is 23.2 Å². The summed E-state index contributed by atoms with van der Waals surface area (Å²) in [6, 6.07) is 5.14. The number of ether oxygens (including phenoxy) is 1. The zero-order chi connectivity index (χ0) is 16.8. The molecule has 1 aromatic carbocycles. The van der Waals surface area contributed by atoms with Crippen LogP contribution in [0.4, 0.5) is 14.5 Å². The van der Waals surface area contributed by atoms with E-state index in [-0.39, 0.29) is 12.3 Å². The topological polar surface area (TPSA) is 84.5 Å². The molecule has 1 heterocycles. The maximum atomic E-state index is 12.2. The molecule has 1 aliphatic heterocycles. The number of thioether (sulfide) groups is 1. The van der Waals surface area contributed by atoms with Crippen LogP contribution in [-0.4, -0.2) is 36.2 Å². The third-order valence-electron chi connectivity index (χ3n) is 2.99. The second-order valence-electron chi connectivity index (χ2n) is 4.72. The molecule has 9 heteroatoms. The van der Waals surface area contributed by atoms with E-state index in [0.717, 1.165) is 0 Å². The molecular formula is C14H14F2N2O4S. The molecular weight excluding hydrogens is 330 g/mol. The first-order chi connectivity index (χ1) is 10.9. The molecule has 1 fully saturated rings. The second kappa shape index (κ2) is 7.91. The van der Waals surface area contributed by atoms with Gasteiger partial charge in [-0.15, -0.1) is 0 Å². The van der Waals surface area contributed by atoms with Crippen LogP contribution in [0.2, 0.25) is 0 Å². The summed E-state index contributed by atoms with van der Waals surface area (Å²) in [5, 5.41) is 4.92. The minimum absolute atomic E-state index is 0.224. The van der Waals surface area contributed by atoms with Crippen LogP contribution < -0.4 is 10.6 Å². The van der Waals surface area contributed by atoms with Gasteiger partial charge in [-0.1, -0.05) is 11.8 Å². The van der Waals surface area contributed by atoms with E-state index in [2.05, 4.69) is 10.6 Å². The highest BCUT2D eigenvalue weighted by Crippen LogP contribution is 2.26. The van der Waals surface area contributed by atoms with E-state index in [1.54, 1.807) is 0 Å². The van der Waals surface area contributed by atoms with Gasteiger partial charge >= 0.3 is 5.97 Å². The number of benzene rings is 1. The zero-order valence-corrected chi connectivity index (χ0v) is 12.7. The first-order valence-corrected chi connectivity index (χ1v) is 7.63. The molecule has 0 unspecified atom stereocenters. The van der Waals surface area contributed by atoms with Crippen LogP contribution in [0.15, 0.2) is 29.2 Å². The van der Waals surface area contributed by atoms with Gasteiger partial charge < -0.3 is 15.4 Å². The summed E-state index contributed by atoms with van der Waals surface area (Å²) in [5.74, 6) is -3.95. The van der Waals surface area contributed by atoms with Crippen molar-refractivity contribution in [1.82, 2.24) is 5.32 Å². The number of anilines is 1. The van der Waals surface area contributed by atoms with E-state index >= 15 is 0 Å². The predicted molar refractivity (Wildman–Crippen MR) is 79.1 cm³/mol. The number of hydrogen-bond acceptors (Lipinski definition) is 5. The van der Waals surface area contributed by atoms with Gasteiger partial charge in [-0.2, -0.15) is 8.78 Å². The van der Waals surface area contributed by atoms with Gasteiger partial charge in [0.2, 0.25) is 5.91 Å². The van der Waals surface area contributed by atoms with Gasteiger partial charge in [0.05, 0.1) is 0 Å². The van der Waals surface area contributed by atoms with Crippen molar-refractivity contribution >= 4 is 35.2 Å². The molecule has 2 rings (SSSR count). The van der Waals surface area contributed by atoms with Crippen molar-refractivity contribution in [3.63, 3.8) is 0 Å². The average Bonchev–Trinajstić information content (AvgIpc) is 2.93. The van der Waals surface area contributed by atoms with Gasteiger partial charge in [0.15, 0.2) is 6.61 Å². The molecule has 2 amide bonds. The first-order valence-electron chi connectivity index (χ1n) is 6.75. The van der Waals surface area contributed by atoms with Crippen LogP contribution in [0.3, 0.4) is 0 Å². The summed E-state index contributed by atoms with van der Waals surface area (Å²) in [6.45, 7) is -0.487. The molecule has 0 saturated carbocycles. The monoisotopic (exact) mass is 344 g/mol. The number of halogens is 2. The lowest BCUT2D eigenvalue weighted by atomic mass is 10.2.